The van der Waals surface area contributed by atoms with E-state index in [1.807, 2.05) is 6.92 Å². The predicted octanol–water partition coefficient (Wildman–Crippen LogP) is 1.92. The first-order valence-corrected chi connectivity index (χ1v) is 9.08. The molecular formula is C20H26O5. The molecule has 0 aromatic rings. The van der Waals surface area contributed by atoms with E-state index in [2.05, 4.69) is 13.2 Å². The third-order valence-corrected chi connectivity index (χ3v) is 8.17. The van der Waals surface area contributed by atoms with Crippen LogP contribution in [0, 0.1) is 22.7 Å². The van der Waals surface area contributed by atoms with Gasteiger partial charge in [0.2, 0.25) is 0 Å². The molecule has 5 heteroatoms. The van der Waals surface area contributed by atoms with Crippen LogP contribution in [0.15, 0.2) is 24.8 Å². The van der Waals surface area contributed by atoms with Crippen LogP contribution in [0.1, 0.15) is 46.0 Å². The van der Waals surface area contributed by atoms with E-state index in [0.29, 0.717) is 31.3 Å². The van der Waals surface area contributed by atoms with Crippen LogP contribution in [-0.4, -0.2) is 39.3 Å². The fourth-order valence-electron chi connectivity index (χ4n) is 6.32. The fraction of sp³-hybridized carbons (Fsp3) is 0.700. The second-order valence-electron chi connectivity index (χ2n) is 8.81. The van der Waals surface area contributed by atoms with Crippen molar-refractivity contribution in [3.8, 4) is 0 Å². The van der Waals surface area contributed by atoms with Gasteiger partial charge in [0.05, 0.1) is 5.60 Å². The highest BCUT2D eigenvalue weighted by Gasteiger charge is 2.79. The second-order valence-corrected chi connectivity index (χ2v) is 8.81. The summed E-state index contributed by atoms with van der Waals surface area (Å²) in [5.41, 5.74) is -4.12. The highest BCUT2D eigenvalue weighted by Crippen LogP contribution is 2.70. The van der Waals surface area contributed by atoms with Crippen molar-refractivity contribution in [1.29, 1.82) is 0 Å². The molecule has 25 heavy (non-hydrogen) atoms. The van der Waals surface area contributed by atoms with E-state index in [-0.39, 0.29) is 30.2 Å². The lowest BCUT2D eigenvalue weighted by Gasteiger charge is -2.62. The molecule has 2 N–H and O–H groups in total. The number of carbonyl (C=O) groups excluding carboxylic acids is 2. The molecule has 1 saturated heterocycles. The number of Topliss-reactive ketones (excluding diaryl/α,β-unsaturated/α-hetero) is 1. The molecule has 136 valence electrons. The zero-order valence-corrected chi connectivity index (χ0v) is 14.9. The Morgan fingerprint density at radius 2 is 1.92 bits per heavy atom. The maximum atomic E-state index is 13.2. The highest BCUT2D eigenvalue weighted by molar-refractivity contribution is 5.96. The molecule has 0 radical (unpaired) electrons. The fourth-order valence-corrected chi connectivity index (χ4v) is 6.32. The molecule has 0 aromatic heterocycles. The molecule has 7 atom stereocenters. The molecule has 4 rings (SSSR count). The summed E-state index contributed by atoms with van der Waals surface area (Å²) < 4.78 is 5.28. The Bertz CT molecular complexity index is 713. The van der Waals surface area contributed by atoms with Crippen LogP contribution in [0.3, 0.4) is 0 Å². The van der Waals surface area contributed by atoms with E-state index in [4.69, 9.17) is 4.74 Å². The number of esters is 1. The standard InChI is InChI=1S/C20H26O5/c1-5-19(23)11(2)6-7-13-12(15(19)21)10-20(24)17(13,3)9-8-14-18(20,4)16(22)25-14/h5,12-14,23-24H,1-2,6-10H2,3-4H3/t12-,13-,14?,17+,18+,19+,20+/m1/s1. The normalized spacial score (nSPS) is 54.6. The third-order valence-electron chi connectivity index (χ3n) is 8.17. The predicted molar refractivity (Wildman–Crippen MR) is 90.4 cm³/mol. The molecule has 5 nitrogen and oxygen atoms in total. The summed E-state index contributed by atoms with van der Waals surface area (Å²) in [6, 6.07) is 0. The first-order chi connectivity index (χ1) is 11.6. The first-order valence-electron chi connectivity index (χ1n) is 9.08. The summed E-state index contributed by atoms with van der Waals surface area (Å²) >= 11 is 0. The van der Waals surface area contributed by atoms with Crippen molar-refractivity contribution in [2.45, 2.75) is 63.3 Å². The van der Waals surface area contributed by atoms with Gasteiger partial charge in [-0.1, -0.05) is 20.1 Å². The van der Waals surface area contributed by atoms with E-state index in [9.17, 15) is 19.8 Å². The Morgan fingerprint density at radius 3 is 2.52 bits per heavy atom. The number of ketones is 1. The van der Waals surface area contributed by atoms with Gasteiger partial charge in [-0.25, -0.2) is 0 Å². The SMILES string of the molecule is C=C[C@]1(O)C(=C)CC[C@@H]2[C@@H](C[C@]3(O)[C@@]2(C)CCC2OC(=O)[C@]23C)C1=O. The monoisotopic (exact) mass is 346 g/mol. The molecule has 4 aliphatic rings. The number of aliphatic hydroxyl groups is 2. The quantitative estimate of drug-likeness (QED) is 0.560. The minimum atomic E-state index is -1.75. The van der Waals surface area contributed by atoms with Crippen molar-refractivity contribution in [1.82, 2.24) is 0 Å². The van der Waals surface area contributed by atoms with Gasteiger partial charge in [-0.05, 0) is 56.6 Å². The second kappa shape index (κ2) is 4.63. The molecule has 1 heterocycles. The van der Waals surface area contributed by atoms with E-state index in [1.165, 1.54) is 6.08 Å². The van der Waals surface area contributed by atoms with Crippen molar-refractivity contribution in [2.75, 3.05) is 0 Å². The van der Waals surface area contributed by atoms with E-state index >= 15 is 0 Å². The molecule has 0 amide bonds. The van der Waals surface area contributed by atoms with Gasteiger partial charge < -0.3 is 14.9 Å². The summed E-state index contributed by atoms with van der Waals surface area (Å²) in [6.07, 6.45) is 3.72. The first kappa shape index (κ1) is 17.0. The molecule has 1 aliphatic heterocycles. The number of carbonyl (C=O) groups is 2. The van der Waals surface area contributed by atoms with Gasteiger partial charge in [-0.15, -0.1) is 0 Å². The van der Waals surface area contributed by atoms with E-state index < -0.39 is 27.9 Å². The average Bonchev–Trinajstić information content (AvgIpc) is 2.77. The minimum absolute atomic E-state index is 0.0955. The number of ether oxygens (including phenoxy) is 1. The minimum Gasteiger partial charge on any atom is -0.460 e. The lowest BCUT2D eigenvalue weighted by atomic mass is 9.49. The Kier molecular flexibility index (Phi) is 3.14. The number of hydrogen-bond acceptors (Lipinski definition) is 5. The Balaban J connectivity index is 1.83. The average molecular weight is 346 g/mol. The van der Waals surface area contributed by atoms with Gasteiger partial charge in [0.1, 0.15) is 11.5 Å². The molecule has 3 saturated carbocycles. The Hall–Kier alpha value is -1.46. The van der Waals surface area contributed by atoms with E-state index in [0.717, 1.165) is 0 Å². The van der Waals surface area contributed by atoms with Gasteiger partial charge >= 0.3 is 5.97 Å². The van der Waals surface area contributed by atoms with Crippen LogP contribution in [-0.2, 0) is 14.3 Å². The molecule has 1 unspecified atom stereocenters. The smallest absolute Gasteiger partial charge is 0.318 e. The molecule has 3 aliphatic carbocycles. The van der Waals surface area contributed by atoms with Crippen molar-refractivity contribution in [3.05, 3.63) is 24.8 Å². The van der Waals surface area contributed by atoms with E-state index in [1.54, 1.807) is 6.92 Å². The Labute approximate surface area is 147 Å². The topological polar surface area (TPSA) is 83.8 Å². The number of fused-ring (bicyclic) bond motifs is 5. The summed E-state index contributed by atoms with van der Waals surface area (Å²) in [6.45, 7) is 11.3. The van der Waals surface area contributed by atoms with Crippen LogP contribution in [0.25, 0.3) is 0 Å². The van der Waals surface area contributed by atoms with Crippen molar-refractivity contribution >= 4 is 11.8 Å². The molecule has 0 bridgehead atoms. The van der Waals surface area contributed by atoms with Crippen LogP contribution >= 0.6 is 0 Å². The van der Waals surface area contributed by atoms with Crippen molar-refractivity contribution in [3.63, 3.8) is 0 Å². The maximum Gasteiger partial charge on any atom is 0.318 e. The zero-order valence-electron chi connectivity index (χ0n) is 14.9. The largest absolute Gasteiger partial charge is 0.460 e. The summed E-state index contributed by atoms with van der Waals surface area (Å²) in [7, 11) is 0. The van der Waals surface area contributed by atoms with Gasteiger partial charge in [0, 0.05) is 11.3 Å². The molecule has 4 fully saturated rings. The van der Waals surface area contributed by atoms with Crippen LogP contribution in [0.5, 0.6) is 0 Å². The van der Waals surface area contributed by atoms with Crippen LogP contribution < -0.4 is 0 Å². The third kappa shape index (κ3) is 1.58. The van der Waals surface area contributed by atoms with Gasteiger partial charge in [0.25, 0.3) is 0 Å². The summed E-state index contributed by atoms with van der Waals surface area (Å²) in [5.74, 6) is -1.33. The molecule has 0 aromatic carbocycles. The number of hydrogen-bond donors (Lipinski definition) is 2. The maximum absolute atomic E-state index is 13.2. The van der Waals surface area contributed by atoms with Gasteiger partial charge in [0.15, 0.2) is 11.4 Å². The zero-order chi connectivity index (χ0) is 18.4. The lowest BCUT2D eigenvalue weighted by Crippen LogP contribution is -2.73. The summed E-state index contributed by atoms with van der Waals surface area (Å²) in [5, 5.41) is 22.6. The molecule has 0 spiro atoms. The van der Waals surface area contributed by atoms with Gasteiger partial charge in [-0.3, -0.25) is 9.59 Å². The number of rotatable bonds is 1. The highest BCUT2D eigenvalue weighted by atomic mass is 16.6. The van der Waals surface area contributed by atoms with Gasteiger partial charge in [-0.2, -0.15) is 0 Å². The molecular weight excluding hydrogens is 320 g/mol. The van der Waals surface area contributed by atoms with Crippen LogP contribution in [0.4, 0.5) is 0 Å². The Morgan fingerprint density at radius 1 is 1.24 bits per heavy atom. The lowest BCUT2D eigenvalue weighted by molar-refractivity contribution is -0.284. The van der Waals surface area contributed by atoms with Crippen molar-refractivity contribution in [2.24, 2.45) is 22.7 Å². The summed E-state index contributed by atoms with van der Waals surface area (Å²) in [4.78, 5) is 25.5. The van der Waals surface area contributed by atoms with Crippen LogP contribution in [0.2, 0.25) is 0 Å². The van der Waals surface area contributed by atoms with Crippen molar-refractivity contribution < 1.29 is 24.5 Å².